The van der Waals surface area contributed by atoms with E-state index < -0.39 is 16.0 Å². The second kappa shape index (κ2) is 10.4. The van der Waals surface area contributed by atoms with Gasteiger partial charge in [-0.2, -0.15) is 8.42 Å². The highest BCUT2D eigenvalue weighted by Gasteiger charge is 2.21. The summed E-state index contributed by atoms with van der Waals surface area (Å²) >= 11 is 6.45. The zero-order valence-electron chi connectivity index (χ0n) is 18.4. The molecule has 4 rings (SSSR count). The lowest BCUT2D eigenvalue weighted by Crippen LogP contribution is -2.28. The number of fused-ring (bicyclic) bond motifs is 6. The van der Waals surface area contributed by atoms with E-state index in [1.54, 1.807) is 18.2 Å². The molecule has 4 bridgehead atoms. The number of aryl methyl sites for hydroxylation is 1. The number of carboxylic acids is 1. The number of nitrogens with one attached hydrogen (secondary N) is 1. The van der Waals surface area contributed by atoms with E-state index in [9.17, 15) is 13.2 Å². The first-order valence-electron chi connectivity index (χ1n) is 11.0. The molecule has 10 heteroatoms. The summed E-state index contributed by atoms with van der Waals surface area (Å²) in [6.07, 6.45) is 2.95. The van der Waals surface area contributed by atoms with E-state index >= 15 is 0 Å². The summed E-state index contributed by atoms with van der Waals surface area (Å²) in [5, 5.41) is 9.32. The largest absolute Gasteiger partial charge is 0.481 e. The van der Waals surface area contributed by atoms with E-state index in [1.807, 2.05) is 29.2 Å². The quantitative estimate of drug-likeness (QED) is 0.538. The first-order valence-corrected chi connectivity index (χ1v) is 12.9. The lowest BCUT2D eigenvalue weighted by Gasteiger charge is -2.24. The van der Waals surface area contributed by atoms with Gasteiger partial charge in [-0.25, -0.2) is 9.97 Å². The molecule has 0 saturated heterocycles. The molecule has 0 aliphatic carbocycles. The predicted molar refractivity (Wildman–Crippen MR) is 132 cm³/mol. The molecule has 178 valence electrons. The Morgan fingerprint density at radius 2 is 1.88 bits per heavy atom. The van der Waals surface area contributed by atoms with Gasteiger partial charge in [0.25, 0.3) is 10.0 Å². The lowest BCUT2D eigenvalue weighted by molar-refractivity contribution is -0.137. The van der Waals surface area contributed by atoms with Gasteiger partial charge < -0.3 is 10.0 Å². The molecule has 0 fully saturated rings. The number of hydrogen-bond donors (Lipinski definition) is 2. The van der Waals surface area contributed by atoms with Crippen LogP contribution in [0.15, 0.2) is 59.6 Å². The number of anilines is 2. The number of nitrogens with zero attached hydrogens (tertiary/aromatic N) is 3. The minimum absolute atomic E-state index is 0.0332. The van der Waals surface area contributed by atoms with Crippen molar-refractivity contribution in [2.24, 2.45) is 0 Å². The fraction of sp³-hybridized carbons (Fsp3) is 0.292. The zero-order chi connectivity index (χ0) is 24.1. The minimum Gasteiger partial charge on any atom is -0.481 e. The first kappa shape index (κ1) is 24.0. The van der Waals surface area contributed by atoms with Crippen LogP contribution >= 0.6 is 11.6 Å². The van der Waals surface area contributed by atoms with Gasteiger partial charge in [0.1, 0.15) is 11.6 Å². The average molecular weight is 501 g/mol. The molecule has 3 aromatic rings. The molecular weight excluding hydrogens is 476 g/mol. The number of carbonyl (C=O) groups is 1. The topological polar surface area (TPSA) is 112 Å². The summed E-state index contributed by atoms with van der Waals surface area (Å²) < 4.78 is 28.7. The number of benzene rings is 1. The van der Waals surface area contributed by atoms with Gasteiger partial charge in [0, 0.05) is 25.1 Å². The van der Waals surface area contributed by atoms with Crippen LogP contribution in [-0.2, 0) is 21.2 Å². The fourth-order valence-electron chi connectivity index (χ4n) is 3.96. The Balaban J connectivity index is 1.75. The molecular formula is C24H25ClN4O4S. The van der Waals surface area contributed by atoms with E-state index in [-0.39, 0.29) is 17.3 Å². The van der Waals surface area contributed by atoms with Crippen LogP contribution in [-0.4, -0.2) is 42.6 Å². The Hall–Kier alpha value is -3.17. The number of sulfonamides is 1. The van der Waals surface area contributed by atoms with Crippen molar-refractivity contribution in [2.75, 3.05) is 22.7 Å². The predicted octanol–water partition coefficient (Wildman–Crippen LogP) is 4.61. The highest BCUT2D eigenvalue weighted by molar-refractivity contribution is 7.92. The van der Waals surface area contributed by atoms with E-state index in [0.717, 1.165) is 30.4 Å². The Kier molecular flexibility index (Phi) is 7.33. The molecule has 8 nitrogen and oxygen atoms in total. The van der Waals surface area contributed by atoms with Crippen LogP contribution in [0.5, 0.6) is 0 Å². The lowest BCUT2D eigenvalue weighted by atomic mass is 9.99. The van der Waals surface area contributed by atoms with Crippen molar-refractivity contribution in [1.29, 1.82) is 0 Å². The maximum absolute atomic E-state index is 13.1. The van der Waals surface area contributed by atoms with Crippen LogP contribution in [0.3, 0.4) is 0 Å². The van der Waals surface area contributed by atoms with Crippen molar-refractivity contribution < 1.29 is 18.3 Å². The second-order valence-electron chi connectivity index (χ2n) is 8.07. The Labute approximate surface area is 203 Å². The second-order valence-corrected chi connectivity index (χ2v) is 10.1. The standard InChI is InChI=1S/C24H25ClN4O4S/c25-19-13-14-20-26-24(19)18-9-2-1-7-17(18)8-3-4-15-29(16-6-12-23(30)31)21-10-5-11-22(27-21)34(32,33)28-20/h1-2,5,7,9-11,13-14H,3-4,6,8,12,15-16H2,(H,26,28)(H,30,31). The third-order valence-electron chi connectivity index (χ3n) is 5.61. The number of aliphatic carboxylic acids is 1. The minimum atomic E-state index is -4.01. The van der Waals surface area contributed by atoms with E-state index in [4.69, 9.17) is 16.7 Å². The number of rotatable bonds is 4. The van der Waals surface area contributed by atoms with Crippen molar-refractivity contribution >= 4 is 39.2 Å². The third kappa shape index (κ3) is 5.66. The van der Waals surface area contributed by atoms with E-state index in [1.165, 1.54) is 12.1 Å². The van der Waals surface area contributed by atoms with Crippen molar-refractivity contribution in [3.63, 3.8) is 0 Å². The van der Waals surface area contributed by atoms with Gasteiger partial charge in [-0.3, -0.25) is 9.52 Å². The number of carboxylic acid groups (broad SMARTS) is 1. The van der Waals surface area contributed by atoms with Crippen molar-refractivity contribution in [3.05, 3.63) is 65.2 Å². The molecule has 0 radical (unpaired) electrons. The highest BCUT2D eigenvalue weighted by atomic mass is 35.5. The fourth-order valence-corrected chi connectivity index (χ4v) is 5.13. The summed E-state index contributed by atoms with van der Waals surface area (Å²) in [7, 11) is -4.01. The van der Waals surface area contributed by atoms with Crippen LogP contribution in [0.1, 0.15) is 31.2 Å². The Morgan fingerprint density at radius 3 is 2.71 bits per heavy atom. The molecule has 0 spiro atoms. The molecule has 0 amide bonds. The molecule has 2 aromatic heterocycles. The summed E-state index contributed by atoms with van der Waals surface area (Å²) in [4.78, 5) is 21.8. The summed E-state index contributed by atoms with van der Waals surface area (Å²) in [5.41, 5.74) is 2.45. The number of halogens is 1. The van der Waals surface area contributed by atoms with Gasteiger partial charge in [0.2, 0.25) is 0 Å². The van der Waals surface area contributed by atoms with Gasteiger partial charge in [-0.15, -0.1) is 0 Å². The maximum Gasteiger partial charge on any atom is 0.303 e. The molecule has 1 aromatic carbocycles. The van der Waals surface area contributed by atoms with Crippen molar-refractivity contribution in [1.82, 2.24) is 9.97 Å². The smallest absolute Gasteiger partial charge is 0.303 e. The van der Waals surface area contributed by atoms with Crippen LogP contribution in [0.4, 0.5) is 11.6 Å². The van der Waals surface area contributed by atoms with Crippen LogP contribution < -0.4 is 9.62 Å². The number of pyridine rings is 2. The van der Waals surface area contributed by atoms with E-state index in [2.05, 4.69) is 14.7 Å². The Bertz CT molecular complexity index is 1300. The zero-order valence-corrected chi connectivity index (χ0v) is 20.0. The normalized spacial score (nSPS) is 15.4. The van der Waals surface area contributed by atoms with Gasteiger partial charge in [0.05, 0.1) is 10.7 Å². The maximum atomic E-state index is 13.1. The van der Waals surface area contributed by atoms with Gasteiger partial charge >= 0.3 is 5.97 Å². The molecule has 1 aliphatic rings. The summed E-state index contributed by atoms with van der Waals surface area (Å²) in [5.74, 6) is -0.223. The molecule has 1 aliphatic heterocycles. The summed E-state index contributed by atoms with van der Waals surface area (Å²) in [6, 6.07) is 15.8. The molecule has 2 N–H and O–H groups in total. The monoisotopic (exact) mass is 500 g/mol. The molecule has 34 heavy (non-hydrogen) atoms. The molecule has 0 unspecified atom stereocenters. The highest BCUT2D eigenvalue weighted by Crippen LogP contribution is 2.31. The van der Waals surface area contributed by atoms with Crippen LogP contribution in [0.25, 0.3) is 11.3 Å². The first-order chi connectivity index (χ1) is 16.3. The van der Waals surface area contributed by atoms with Crippen molar-refractivity contribution in [3.8, 4) is 11.3 Å². The SMILES string of the molecule is O=C(O)CCCN1CCCCc2ccccc2-c2nc(ccc2Cl)NS(=O)(=O)c2cccc1n2. The van der Waals surface area contributed by atoms with Gasteiger partial charge in [0.15, 0.2) is 5.03 Å². The number of hydrogen-bond acceptors (Lipinski definition) is 6. The third-order valence-corrected chi connectivity index (χ3v) is 7.17. The Morgan fingerprint density at radius 1 is 1.06 bits per heavy atom. The van der Waals surface area contributed by atoms with Gasteiger partial charge in [-0.05, 0) is 55.5 Å². The summed E-state index contributed by atoms with van der Waals surface area (Å²) in [6.45, 7) is 1.09. The molecule has 3 heterocycles. The van der Waals surface area contributed by atoms with Crippen molar-refractivity contribution in [2.45, 2.75) is 37.1 Å². The van der Waals surface area contributed by atoms with Gasteiger partial charge in [-0.1, -0.05) is 41.9 Å². The molecule has 0 atom stereocenters. The molecule has 0 saturated carbocycles. The van der Waals surface area contributed by atoms with E-state index in [0.29, 0.717) is 36.0 Å². The van der Waals surface area contributed by atoms with Crippen LogP contribution in [0.2, 0.25) is 5.02 Å². The average Bonchev–Trinajstić information content (AvgIpc) is 2.81. The number of aromatic nitrogens is 2. The van der Waals surface area contributed by atoms with Crippen LogP contribution in [0, 0.1) is 0 Å².